The smallest absolute Gasteiger partial charge is 0.418 e. The van der Waals surface area contributed by atoms with E-state index in [1.54, 1.807) is 16.8 Å². The van der Waals surface area contributed by atoms with Gasteiger partial charge in [-0.05, 0) is 44.4 Å². The summed E-state index contributed by atoms with van der Waals surface area (Å²) in [5.74, 6) is -0.727. The largest absolute Gasteiger partial charge is 0.461 e. The molecular weight excluding hydrogens is 703 g/mol. The summed E-state index contributed by atoms with van der Waals surface area (Å²) >= 11 is 0. The van der Waals surface area contributed by atoms with Crippen molar-refractivity contribution >= 4 is 34.5 Å². The van der Waals surface area contributed by atoms with Crippen LogP contribution in [0.4, 0.5) is 33.6 Å². The monoisotopic (exact) mass is 742 g/mol. The second-order valence-corrected chi connectivity index (χ2v) is 14.3. The van der Waals surface area contributed by atoms with Crippen molar-refractivity contribution in [3.8, 4) is 17.4 Å². The molecule has 7 rings (SSSR count). The number of aryl methyl sites for hydroxylation is 1. The number of hydrogen-bond donors (Lipinski definition) is 1. The minimum Gasteiger partial charge on any atom is -0.461 e. The predicted octanol–water partition coefficient (Wildman–Crippen LogP) is 5.35. The van der Waals surface area contributed by atoms with Crippen molar-refractivity contribution in [2.45, 2.75) is 76.3 Å². The van der Waals surface area contributed by atoms with Gasteiger partial charge in [0.25, 0.3) is 5.89 Å². The lowest BCUT2D eigenvalue weighted by Crippen LogP contribution is -2.43. The van der Waals surface area contributed by atoms with Crippen molar-refractivity contribution in [1.29, 1.82) is 0 Å². The quantitative estimate of drug-likeness (QED) is 0.174. The summed E-state index contributed by atoms with van der Waals surface area (Å²) in [4.78, 5) is 39.7. The Hall–Kier alpha value is -5.00. The zero-order chi connectivity index (χ0) is 37.8. The van der Waals surface area contributed by atoms with Crippen LogP contribution in [0.5, 0.6) is 6.01 Å². The van der Waals surface area contributed by atoms with Crippen molar-refractivity contribution < 1.29 is 36.0 Å². The molecule has 3 fully saturated rings. The predicted molar refractivity (Wildman–Crippen MR) is 184 cm³/mol. The number of likely N-dealkylation sites (tertiary alicyclic amines) is 1. The van der Waals surface area contributed by atoms with Gasteiger partial charge in [-0.15, -0.1) is 0 Å². The molecule has 2 N–H and O–H groups in total. The number of anilines is 2. The van der Waals surface area contributed by atoms with Gasteiger partial charge in [-0.2, -0.15) is 28.1 Å². The molecule has 0 aliphatic carbocycles. The zero-order valence-electron chi connectivity index (χ0n) is 29.6. The summed E-state index contributed by atoms with van der Waals surface area (Å²) in [6, 6.07) is 0.515. The van der Waals surface area contributed by atoms with Gasteiger partial charge in [0.2, 0.25) is 5.91 Å². The van der Waals surface area contributed by atoms with E-state index in [9.17, 15) is 22.4 Å². The first-order valence-electron chi connectivity index (χ1n) is 17.4. The van der Waals surface area contributed by atoms with Crippen LogP contribution in [0.1, 0.15) is 68.3 Å². The molecule has 3 saturated heterocycles. The summed E-state index contributed by atoms with van der Waals surface area (Å²) in [6.45, 7) is 6.75. The first-order valence-corrected chi connectivity index (χ1v) is 17.4. The second kappa shape index (κ2) is 13.8. The van der Waals surface area contributed by atoms with Gasteiger partial charge in [0.05, 0.1) is 16.5 Å². The van der Waals surface area contributed by atoms with Crippen molar-refractivity contribution in [1.82, 2.24) is 39.9 Å². The Kier molecular flexibility index (Phi) is 9.44. The van der Waals surface area contributed by atoms with Crippen LogP contribution < -0.4 is 15.4 Å². The normalized spacial score (nSPS) is 22.1. The molecule has 1 amide bonds. The molecule has 7 heterocycles. The van der Waals surface area contributed by atoms with Crippen molar-refractivity contribution in [3.63, 3.8) is 0 Å². The van der Waals surface area contributed by atoms with Crippen molar-refractivity contribution in [2.75, 3.05) is 50.5 Å². The second-order valence-electron chi connectivity index (χ2n) is 14.3. The van der Waals surface area contributed by atoms with E-state index < -0.39 is 40.7 Å². The highest BCUT2D eigenvalue weighted by atomic mass is 19.4. The van der Waals surface area contributed by atoms with E-state index in [4.69, 9.17) is 15.0 Å². The van der Waals surface area contributed by atoms with Gasteiger partial charge in [0.15, 0.2) is 11.6 Å². The van der Waals surface area contributed by atoms with Gasteiger partial charge >= 0.3 is 12.2 Å². The average Bonchev–Trinajstić information content (AvgIpc) is 3.89. The Bertz CT molecular complexity index is 2070. The highest BCUT2D eigenvalue weighted by Crippen LogP contribution is 2.42. The highest BCUT2D eigenvalue weighted by Gasteiger charge is 2.49. The van der Waals surface area contributed by atoms with Crippen LogP contribution in [0, 0.1) is 12.7 Å². The van der Waals surface area contributed by atoms with Crippen LogP contribution in [0.3, 0.4) is 0 Å². The molecule has 53 heavy (non-hydrogen) atoms. The molecule has 282 valence electrons. The molecule has 0 spiro atoms. The van der Waals surface area contributed by atoms with Gasteiger partial charge < -0.3 is 24.8 Å². The van der Waals surface area contributed by atoms with E-state index in [0.717, 1.165) is 12.5 Å². The standard InChI is InChI=1S/C35H39F5N10O3/c1-18(2)31-44-24(53-47-31)6-7-25(51)49-11-8-21(16-49)48(4)32-22-14-42-30(29-26(35(38,39)40)19(3)12-23(41)43-29)27(37)28(22)45-33(46-32)52-17-34-9-5-10-50(34)15-20(36)13-34/h6-7,12,14,18,20-21H,5,8-11,13,15-17H2,1-4H3,(H2,41,43)/b7-6+/t20-,21-,34+/m1/s1. The number of nitrogens with zero attached hydrogens (tertiary/aromatic N) is 9. The van der Waals surface area contributed by atoms with Gasteiger partial charge in [0.1, 0.15) is 41.3 Å². The fraction of sp³-hybridized carbons (Fsp3) is 0.514. The lowest BCUT2D eigenvalue weighted by Gasteiger charge is -2.31. The van der Waals surface area contributed by atoms with Crippen LogP contribution in [0.2, 0.25) is 0 Å². The Morgan fingerprint density at radius 2 is 1.98 bits per heavy atom. The number of nitrogens with two attached hydrogens (primary N) is 1. The van der Waals surface area contributed by atoms with E-state index in [-0.39, 0.29) is 84.0 Å². The lowest BCUT2D eigenvalue weighted by atomic mass is 9.95. The van der Waals surface area contributed by atoms with Gasteiger partial charge in [0, 0.05) is 63.4 Å². The van der Waals surface area contributed by atoms with Gasteiger partial charge in [-0.25, -0.2) is 13.8 Å². The minimum atomic E-state index is -4.89. The summed E-state index contributed by atoms with van der Waals surface area (Å²) in [6.07, 6.45) is 0.431. The number of aromatic nitrogens is 6. The molecule has 3 aliphatic heterocycles. The van der Waals surface area contributed by atoms with Crippen LogP contribution in [-0.2, 0) is 11.0 Å². The molecule has 0 bridgehead atoms. The number of carbonyl (C=O) groups excluding carboxylic acids is 1. The average molecular weight is 743 g/mol. The number of amides is 1. The number of rotatable bonds is 9. The molecule has 0 aromatic carbocycles. The zero-order valence-corrected chi connectivity index (χ0v) is 29.6. The molecule has 18 heteroatoms. The van der Waals surface area contributed by atoms with E-state index in [2.05, 4.69) is 30.1 Å². The number of ether oxygens (including phenoxy) is 1. The fourth-order valence-electron chi connectivity index (χ4n) is 7.62. The topological polar surface area (TPSA) is 153 Å². The molecule has 3 atom stereocenters. The number of hydrogen-bond acceptors (Lipinski definition) is 12. The fourth-order valence-corrected chi connectivity index (χ4v) is 7.62. The Labute approximate surface area is 301 Å². The van der Waals surface area contributed by atoms with Crippen LogP contribution in [0.15, 0.2) is 22.9 Å². The third kappa shape index (κ3) is 6.95. The third-order valence-corrected chi connectivity index (χ3v) is 10.3. The van der Waals surface area contributed by atoms with Crippen molar-refractivity contribution in [2.24, 2.45) is 0 Å². The molecule has 0 unspecified atom stereocenters. The maximum atomic E-state index is 16.6. The molecule has 4 aromatic heterocycles. The maximum absolute atomic E-state index is 16.6. The number of nitrogen functional groups attached to an aromatic ring is 1. The van der Waals surface area contributed by atoms with E-state index in [0.29, 0.717) is 31.8 Å². The number of fused-ring (bicyclic) bond motifs is 2. The highest BCUT2D eigenvalue weighted by molar-refractivity contribution is 5.93. The third-order valence-electron chi connectivity index (χ3n) is 10.3. The van der Waals surface area contributed by atoms with Crippen molar-refractivity contribution in [3.05, 3.63) is 47.0 Å². The number of halogens is 5. The Balaban J connectivity index is 1.23. The molecule has 13 nitrogen and oxygen atoms in total. The summed E-state index contributed by atoms with van der Waals surface area (Å²) in [7, 11) is 1.71. The molecular formula is C35H39F5N10O3. The Morgan fingerprint density at radius 1 is 1.19 bits per heavy atom. The van der Waals surface area contributed by atoms with E-state index in [1.807, 2.05) is 18.7 Å². The number of pyridine rings is 2. The number of carbonyl (C=O) groups is 1. The summed E-state index contributed by atoms with van der Waals surface area (Å²) in [5.41, 5.74) is 2.01. The molecule has 0 radical (unpaired) electrons. The van der Waals surface area contributed by atoms with Crippen LogP contribution in [0.25, 0.3) is 28.4 Å². The van der Waals surface area contributed by atoms with E-state index in [1.165, 1.54) is 25.3 Å². The molecule has 3 aliphatic rings. The first-order chi connectivity index (χ1) is 25.1. The molecule has 0 saturated carbocycles. The van der Waals surface area contributed by atoms with Gasteiger partial charge in [-0.3, -0.25) is 14.7 Å². The Morgan fingerprint density at radius 3 is 2.72 bits per heavy atom. The summed E-state index contributed by atoms with van der Waals surface area (Å²) < 4.78 is 85.2. The SMILES string of the molecule is Cc1cc(N)nc(-c2ncc3c(N(C)[C@@H]4CCN(C(=O)/C=C/c5nc(C(C)C)no5)C4)nc(OC[C@@]45CCCN4C[C@H](F)C5)nc3c2F)c1C(F)(F)F. The minimum absolute atomic E-state index is 0.0343. The number of likely N-dealkylation sites (N-methyl/N-ethyl adjacent to an activating group) is 1. The van der Waals surface area contributed by atoms with Crippen LogP contribution >= 0.6 is 0 Å². The van der Waals surface area contributed by atoms with E-state index >= 15 is 4.39 Å². The molecule has 4 aromatic rings. The van der Waals surface area contributed by atoms with Crippen LogP contribution in [-0.4, -0.2) is 103 Å². The van der Waals surface area contributed by atoms with Gasteiger partial charge in [-0.1, -0.05) is 19.0 Å². The maximum Gasteiger partial charge on any atom is 0.418 e. The summed E-state index contributed by atoms with van der Waals surface area (Å²) in [5, 5.41) is 4.00. The lowest BCUT2D eigenvalue weighted by molar-refractivity contribution is -0.137. The first kappa shape index (κ1) is 36.4. The number of alkyl halides is 4.